The number of carbonyl (C=O) groups is 1. The maximum absolute atomic E-state index is 10.9. The number of aldehydes is 1. The number of ether oxygens (including phenoxy) is 2. The van der Waals surface area contributed by atoms with E-state index in [0.717, 1.165) is 11.8 Å². The van der Waals surface area contributed by atoms with Crippen molar-refractivity contribution in [2.24, 2.45) is 5.73 Å². The van der Waals surface area contributed by atoms with Gasteiger partial charge < -0.3 is 15.2 Å². The van der Waals surface area contributed by atoms with Crippen molar-refractivity contribution in [2.45, 2.75) is 13.0 Å². The van der Waals surface area contributed by atoms with E-state index in [1.54, 1.807) is 12.1 Å². The second-order valence-corrected chi connectivity index (χ2v) is 3.25. The molecule has 0 saturated heterocycles. The zero-order chi connectivity index (χ0) is 11.4. The van der Waals surface area contributed by atoms with Gasteiger partial charge in [0, 0.05) is 6.04 Å². The van der Waals surface area contributed by atoms with Crippen LogP contribution in [0.4, 0.5) is 0 Å². The Labute approximate surface area is 89.0 Å². The molecule has 0 spiro atoms. The zero-order valence-electron chi connectivity index (χ0n) is 9.11. The number of hydrogen-bond donors (Lipinski definition) is 1. The minimum absolute atomic E-state index is 0.150. The van der Waals surface area contributed by atoms with Crippen LogP contribution in [0.15, 0.2) is 12.1 Å². The summed E-state index contributed by atoms with van der Waals surface area (Å²) in [5.41, 5.74) is 7.03. The van der Waals surface area contributed by atoms with Gasteiger partial charge in [-0.05, 0) is 24.6 Å². The summed E-state index contributed by atoms with van der Waals surface area (Å²) in [6, 6.07) is 3.33. The molecule has 0 aliphatic rings. The molecule has 2 N–H and O–H groups in total. The van der Waals surface area contributed by atoms with Crippen LogP contribution in [0, 0.1) is 0 Å². The Morgan fingerprint density at radius 1 is 1.33 bits per heavy atom. The van der Waals surface area contributed by atoms with Gasteiger partial charge in [0.25, 0.3) is 0 Å². The molecule has 0 fully saturated rings. The fourth-order valence-corrected chi connectivity index (χ4v) is 1.37. The van der Waals surface area contributed by atoms with Gasteiger partial charge in [0.05, 0.1) is 19.8 Å². The summed E-state index contributed by atoms with van der Waals surface area (Å²) in [6.07, 6.45) is 0.729. The summed E-state index contributed by atoms with van der Waals surface area (Å²) >= 11 is 0. The van der Waals surface area contributed by atoms with Crippen molar-refractivity contribution < 1.29 is 14.3 Å². The lowest BCUT2D eigenvalue weighted by Gasteiger charge is -2.13. The SMILES string of the molecule is COc1cc(C(C)N)cc(C=O)c1OC. The van der Waals surface area contributed by atoms with Gasteiger partial charge in [0.2, 0.25) is 0 Å². The van der Waals surface area contributed by atoms with Crippen LogP contribution in [0.5, 0.6) is 11.5 Å². The first kappa shape index (κ1) is 11.5. The van der Waals surface area contributed by atoms with Crippen molar-refractivity contribution in [3.8, 4) is 11.5 Å². The Morgan fingerprint density at radius 2 is 2.00 bits per heavy atom. The van der Waals surface area contributed by atoms with Crippen LogP contribution in [-0.2, 0) is 0 Å². The molecule has 0 amide bonds. The zero-order valence-corrected chi connectivity index (χ0v) is 9.11. The molecule has 1 aromatic rings. The van der Waals surface area contributed by atoms with Crippen LogP contribution in [0.2, 0.25) is 0 Å². The second kappa shape index (κ2) is 4.79. The van der Waals surface area contributed by atoms with Crippen LogP contribution >= 0.6 is 0 Å². The number of nitrogens with two attached hydrogens (primary N) is 1. The monoisotopic (exact) mass is 209 g/mol. The summed E-state index contributed by atoms with van der Waals surface area (Å²) in [5, 5.41) is 0. The Balaban J connectivity index is 3.35. The van der Waals surface area contributed by atoms with Crippen LogP contribution in [-0.4, -0.2) is 20.5 Å². The van der Waals surface area contributed by atoms with Crippen molar-refractivity contribution in [3.05, 3.63) is 23.3 Å². The fraction of sp³-hybridized carbons (Fsp3) is 0.364. The van der Waals surface area contributed by atoms with Crippen LogP contribution in [0.1, 0.15) is 28.9 Å². The van der Waals surface area contributed by atoms with E-state index < -0.39 is 0 Å². The van der Waals surface area contributed by atoms with E-state index in [4.69, 9.17) is 15.2 Å². The molecule has 1 atom stereocenters. The molecular weight excluding hydrogens is 194 g/mol. The van der Waals surface area contributed by atoms with Gasteiger partial charge in [-0.25, -0.2) is 0 Å². The quantitative estimate of drug-likeness (QED) is 0.764. The summed E-state index contributed by atoms with van der Waals surface area (Å²) < 4.78 is 10.2. The van der Waals surface area contributed by atoms with Gasteiger partial charge in [0.15, 0.2) is 17.8 Å². The molecular formula is C11H15NO3. The molecule has 0 aromatic heterocycles. The second-order valence-electron chi connectivity index (χ2n) is 3.25. The molecule has 0 heterocycles. The first-order valence-electron chi connectivity index (χ1n) is 4.60. The number of rotatable bonds is 4. The Hall–Kier alpha value is -1.55. The Bertz CT molecular complexity index is 361. The van der Waals surface area contributed by atoms with E-state index in [0.29, 0.717) is 17.1 Å². The van der Waals surface area contributed by atoms with E-state index >= 15 is 0 Å². The molecule has 4 heteroatoms. The minimum Gasteiger partial charge on any atom is -0.493 e. The average Bonchev–Trinajstić information content (AvgIpc) is 2.26. The molecule has 1 unspecified atom stereocenters. The molecule has 1 rings (SSSR count). The highest BCUT2D eigenvalue weighted by molar-refractivity contribution is 5.81. The molecule has 0 saturated carbocycles. The fourth-order valence-electron chi connectivity index (χ4n) is 1.37. The summed E-state index contributed by atoms with van der Waals surface area (Å²) in [4.78, 5) is 10.9. The summed E-state index contributed by atoms with van der Waals surface area (Å²) in [7, 11) is 3.02. The molecule has 4 nitrogen and oxygen atoms in total. The van der Waals surface area contributed by atoms with Crippen molar-refractivity contribution in [1.82, 2.24) is 0 Å². The maximum atomic E-state index is 10.9. The van der Waals surface area contributed by atoms with Crippen molar-refractivity contribution in [3.63, 3.8) is 0 Å². The average molecular weight is 209 g/mol. The third-order valence-electron chi connectivity index (χ3n) is 2.18. The van der Waals surface area contributed by atoms with Gasteiger partial charge in [-0.3, -0.25) is 4.79 Å². The van der Waals surface area contributed by atoms with Gasteiger partial charge in [-0.1, -0.05) is 0 Å². The molecule has 0 aliphatic heterocycles. The smallest absolute Gasteiger partial charge is 0.171 e. The summed E-state index contributed by atoms with van der Waals surface area (Å²) in [5.74, 6) is 0.964. The third kappa shape index (κ3) is 2.27. The summed E-state index contributed by atoms with van der Waals surface area (Å²) in [6.45, 7) is 1.84. The lowest BCUT2D eigenvalue weighted by molar-refractivity contribution is 0.112. The van der Waals surface area contributed by atoms with Crippen LogP contribution in [0.3, 0.4) is 0 Å². The molecule has 15 heavy (non-hydrogen) atoms. The van der Waals surface area contributed by atoms with Gasteiger partial charge >= 0.3 is 0 Å². The van der Waals surface area contributed by atoms with Crippen molar-refractivity contribution in [1.29, 1.82) is 0 Å². The van der Waals surface area contributed by atoms with Gasteiger partial charge in [-0.15, -0.1) is 0 Å². The first-order chi connectivity index (χ1) is 7.13. The van der Waals surface area contributed by atoms with E-state index in [1.807, 2.05) is 6.92 Å². The topological polar surface area (TPSA) is 61.5 Å². The number of benzene rings is 1. The van der Waals surface area contributed by atoms with Gasteiger partial charge in [0.1, 0.15) is 0 Å². The lowest BCUT2D eigenvalue weighted by Crippen LogP contribution is -2.07. The van der Waals surface area contributed by atoms with E-state index in [2.05, 4.69) is 0 Å². The van der Waals surface area contributed by atoms with Gasteiger partial charge in [-0.2, -0.15) is 0 Å². The highest BCUT2D eigenvalue weighted by Gasteiger charge is 2.13. The highest BCUT2D eigenvalue weighted by atomic mass is 16.5. The lowest BCUT2D eigenvalue weighted by atomic mass is 10.0. The number of carbonyl (C=O) groups excluding carboxylic acids is 1. The molecule has 0 bridgehead atoms. The largest absolute Gasteiger partial charge is 0.493 e. The predicted octanol–water partition coefficient (Wildman–Crippen LogP) is 1.54. The third-order valence-corrected chi connectivity index (χ3v) is 2.18. The predicted molar refractivity (Wildman–Crippen MR) is 57.5 cm³/mol. The Morgan fingerprint density at radius 3 is 2.40 bits per heavy atom. The number of hydrogen-bond acceptors (Lipinski definition) is 4. The first-order valence-corrected chi connectivity index (χ1v) is 4.60. The van der Waals surface area contributed by atoms with Crippen molar-refractivity contribution in [2.75, 3.05) is 14.2 Å². The van der Waals surface area contributed by atoms with E-state index in [1.165, 1.54) is 14.2 Å². The minimum atomic E-state index is -0.150. The maximum Gasteiger partial charge on any atom is 0.171 e. The molecule has 0 aliphatic carbocycles. The van der Waals surface area contributed by atoms with Crippen LogP contribution < -0.4 is 15.2 Å². The molecule has 0 radical (unpaired) electrons. The van der Waals surface area contributed by atoms with E-state index in [-0.39, 0.29) is 6.04 Å². The van der Waals surface area contributed by atoms with E-state index in [9.17, 15) is 4.79 Å². The Kier molecular flexibility index (Phi) is 3.68. The van der Waals surface area contributed by atoms with Crippen LogP contribution in [0.25, 0.3) is 0 Å². The standard InChI is InChI=1S/C11H15NO3/c1-7(12)8-4-9(6-13)11(15-3)10(5-8)14-2/h4-7H,12H2,1-3H3. The molecule has 82 valence electrons. The molecule has 1 aromatic carbocycles. The highest BCUT2D eigenvalue weighted by Crippen LogP contribution is 2.32. The number of methoxy groups -OCH3 is 2. The van der Waals surface area contributed by atoms with Crippen molar-refractivity contribution >= 4 is 6.29 Å². The normalized spacial score (nSPS) is 12.0.